The quantitative estimate of drug-likeness (QED) is 0.516. The highest BCUT2D eigenvalue weighted by Gasteiger charge is 2.25. The van der Waals surface area contributed by atoms with Crippen LogP contribution in [0.2, 0.25) is 0 Å². The summed E-state index contributed by atoms with van der Waals surface area (Å²) in [6.45, 7) is 0. The minimum absolute atomic E-state index is 0.0199. The fourth-order valence-corrected chi connectivity index (χ4v) is 3.01. The number of hydrogen-bond acceptors (Lipinski definition) is 7. The van der Waals surface area contributed by atoms with Gasteiger partial charge in [0, 0.05) is 0 Å². The number of nitrogens with one attached hydrogen (secondary N) is 1. The molecule has 0 saturated heterocycles. The third-order valence-corrected chi connectivity index (χ3v) is 4.45. The lowest BCUT2D eigenvalue weighted by molar-refractivity contribution is -0.384. The molecule has 0 spiro atoms. The van der Waals surface area contributed by atoms with Crippen LogP contribution in [0.25, 0.3) is 0 Å². The van der Waals surface area contributed by atoms with Gasteiger partial charge in [-0.3, -0.25) is 14.9 Å². The number of amides is 1. The molecule has 0 heterocycles. The number of halogens is 1. The van der Waals surface area contributed by atoms with Gasteiger partial charge in [0.15, 0.2) is 11.5 Å². The average molecular weight is 441 g/mol. The molecule has 2 aromatic rings. The number of hydrogen-bond donors (Lipinski definition) is 1. The van der Waals surface area contributed by atoms with E-state index < -0.39 is 10.8 Å². The number of nitro groups is 1. The standard InChI is InChI=1S/C17H17BrN2O7/c1-24-9-5-6-11(12(7-9)20(22)23)19-17(21)10-8-13(25-2)15(26-3)16(27-4)14(10)18/h5-8H,1-4H3,(H,19,21). The molecular weight excluding hydrogens is 424 g/mol. The summed E-state index contributed by atoms with van der Waals surface area (Å²) in [5, 5.41) is 13.8. The first-order valence-corrected chi connectivity index (χ1v) is 8.29. The number of rotatable bonds is 7. The minimum Gasteiger partial charge on any atom is -0.496 e. The normalized spacial score (nSPS) is 10.1. The van der Waals surface area contributed by atoms with E-state index in [1.165, 1.54) is 52.7 Å². The second-order valence-corrected chi connectivity index (χ2v) is 5.89. The van der Waals surface area contributed by atoms with Crippen LogP contribution in [0, 0.1) is 10.1 Å². The fourth-order valence-electron chi connectivity index (χ4n) is 2.37. The number of ether oxygens (including phenoxy) is 4. The number of nitrogens with zero attached hydrogens (tertiary/aromatic N) is 1. The van der Waals surface area contributed by atoms with Crippen LogP contribution < -0.4 is 24.3 Å². The van der Waals surface area contributed by atoms with Gasteiger partial charge in [0.2, 0.25) is 5.75 Å². The van der Waals surface area contributed by atoms with Crippen LogP contribution in [0.4, 0.5) is 11.4 Å². The summed E-state index contributed by atoms with van der Waals surface area (Å²) < 4.78 is 21.1. The Morgan fingerprint density at radius 3 is 2.22 bits per heavy atom. The third kappa shape index (κ3) is 4.05. The number of nitro benzene ring substituents is 1. The SMILES string of the molecule is COc1ccc(NC(=O)c2cc(OC)c(OC)c(OC)c2Br)c([N+](=O)[O-])c1. The maximum absolute atomic E-state index is 12.8. The molecule has 1 N–H and O–H groups in total. The van der Waals surface area contributed by atoms with Crippen molar-refractivity contribution in [3.05, 3.63) is 44.4 Å². The van der Waals surface area contributed by atoms with Crippen molar-refractivity contribution < 1.29 is 28.7 Å². The van der Waals surface area contributed by atoms with Gasteiger partial charge in [-0.2, -0.15) is 0 Å². The van der Waals surface area contributed by atoms with Crippen LogP contribution in [-0.2, 0) is 0 Å². The van der Waals surface area contributed by atoms with Crippen molar-refractivity contribution in [1.29, 1.82) is 0 Å². The molecule has 2 rings (SSSR count). The number of carbonyl (C=O) groups is 1. The van der Waals surface area contributed by atoms with E-state index in [1.807, 2.05) is 0 Å². The van der Waals surface area contributed by atoms with Crippen molar-refractivity contribution in [2.24, 2.45) is 0 Å². The van der Waals surface area contributed by atoms with Crippen LogP contribution in [-0.4, -0.2) is 39.3 Å². The maximum Gasteiger partial charge on any atom is 0.296 e. The van der Waals surface area contributed by atoms with Gasteiger partial charge in [-0.25, -0.2) is 0 Å². The van der Waals surface area contributed by atoms with Crippen molar-refractivity contribution >= 4 is 33.2 Å². The van der Waals surface area contributed by atoms with E-state index in [4.69, 9.17) is 18.9 Å². The molecule has 144 valence electrons. The lowest BCUT2D eigenvalue weighted by atomic mass is 10.1. The highest BCUT2D eigenvalue weighted by atomic mass is 79.9. The summed E-state index contributed by atoms with van der Waals surface area (Å²) in [7, 11) is 5.66. The predicted octanol–water partition coefficient (Wildman–Crippen LogP) is 3.64. The molecule has 0 aliphatic carbocycles. The van der Waals surface area contributed by atoms with E-state index in [1.54, 1.807) is 0 Å². The molecule has 0 aliphatic heterocycles. The zero-order chi connectivity index (χ0) is 20.1. The van der Waals surface area contributed by atoms with Crippen LogP contribution in [0.15, 0.2) is 28.7 Å². The van der Waals surface area contributed by atoms with Gasteiger partial charge >= 0.3 is 0 Å². The lowest BCUT2D eigenvalue weighted by Gasteiger charge is -2.16. The Hall–Kier alpha value is -3.01. The van der Waals surface area contributed by atoms with Crippen molar-refractivity contribution in [3.63, 3.8) is 0 Å². The van der Waals surface area contributed by atoms with E-state index in [0.717, 1.165) is 0 Å². The van der Waals surface area contributed by atoms with E-state index >= 15 is 0 Å². The molecule has 0 bridgehead atoms. The van der Waals surface area contributed by atoms with Crippen molar-refractivity contribution in [3.8, 4) is 23.0 Å². The molecule has 0 atom stereocenters. The first-order chi connectivity index (χ1) is 12.9. The van der Waals surface area contributed by atoms with E-state index in [-0.39, 0.29) is 28.4 Å². The van der Waals surface area contributed by atoms with Crippen molar-refractivity contribution in [1.82, 2.24) is 0 Å². The van der Waals surface area contributed by atoms with Gasteiger partial charge in [-0.05, 0) is 34.1 Å². The Labute approximate surface area is 163 Å². The Bertz CT molecular complexity index is 886. The molecule has 9 nitrogen and oxygen atoms in total. The predicted molar refractivity (Wildman–Crippen MR) is 101 cm³/mol. The summed E-state index contributed by atoms with van der Waals surface area (Å²) in [6, 6.07) is 5.56. The van der Waals surface area contributed by atoms with Gasteiger partial charge in [0.05, 0.1) is 49.5 Å². The monoisotopic (exact) mass is 440 g/mol. The molecule has 0 aliphatic rings. The summed E-state index contributed by atoms with van der Waals surface area (Å²) in [5.74, 6) is 0.528. The average Bonchev–Trinajstić information content (AvgIpc) is 2.67. The number of carbonyl (C=O) groups excluding carboxylic acids is 1. The van der Waals surface area contributed by atoms with E-state index in [9.17, 15) is 14.9 Å². The summed E-state index contributed by atoms with van der Waals surface area (Å²) in [4.78, 5) is 23.4. The van der Waals surface area contributed by atoms with Gasteiger partial charge < -0.3 is 24.3 Å². The second kappa shape index (κ2) is 8.58. The zero-order valence-corrected chi connectivity index (χ0v) is 16.6. The van der Waals surface area contributed by atoms with Crippen molar-refractivity contribution in [2.45, 2.75) is 0 Å². The largest absolute Gasteiger partial charge is 0.496 e. The van der Waals surface area contributed by atoms with Gasteiger partial charge in [-0.1, -0.05) is 0 Å². The Balaban J connectivity index is 2.49. The zero-order valence-electron chi connectivity index (χ0n) is 15.0. The van der Waals surface area contributed by atoms with Crippen LogP contribution >= 0.6 is 15.9 Å². The smallest absolute Gasteiger partial charge is 0.296 e. The molecule has 2 aromatic carbocycles. The van der Waals surface area contributed by atoms with Gasteiger partial charge in [-0.15, -0.1) is 0 Å². The third-order valence-electron chi connectivity index (χ3n) is 3.66. The maximum atomic E-state index is 12.8. The summed E-state index contributed by atoms with van der Waals surface area (Å²) in [6.07, 6.45) is 0. The second-order valence-electron chi connectivity index (χ2n) is 5.10. The number of anilines is 1. The van der Waals surface area contributed by atoms with E-state index in [0.29, 0.717) is 16.0 Å². The molecule has 0 saturated carbocycles. The van der Waals surface area contributed by atoms with Gasteiger partial charge in [0.25, 0.3) is 11.6 Å². The minimum atomic E-state index is -0.609. The lowest BCUT2D eigenvalue weighted by Crippen LogP contribution is -2.15. The Kier molecular flexibility index (Phi) is 6.45. The Morgan fingerprint density at radius 1 is 1.04 bits per heavy atom. The van der Waals surface area contributed by atoms with Crippen LogP contribution in [0.3, 0.4) is 0 Å². The molecule has 0 radical (unpaired) electrons. The fraction of sp³-hybridized carbons (Fsp3) is 0.235. The van der Waals surface area contributed by atoms with Crippen LogP contribution in [0.5, 0.6) is 23.0 Å². The summed E-state index contributed by atoms with van der Waals surface area (Å²) in [5.41, 5.74) is -0.132. The molecular formula is C17H17BrN2O7. The molecule has 0 fully saturated rings. The van der Waals surface area contributed by atoms with E-state index in [2.05, 4.69) is 21.2 Å². The molecule has 0 unspecified atom stereocenters. The first kappa shape index (κ1) is 20.3. The van der Waals surface area contributed by atoms with Crippen molar-refractivity contribution in [2.75, 3.05) is 33.8 Å². The Morgan fingerprint density at radius 2 is 1.70 bits per heavy atom. The molecule has 27 heavy (non-hydrogen) atoms. The highest BCUT2D eigenvalue weighted by molar-refractivity contribution is 9.10. The molecule has 10 heteroatoms. The van der Waals surface area contributed by atoms with Gasteiger partial charge in [0.1, 0.15) is 11.4 Å². The number of benzene rings is 2. The first-order valence-electron chi connectivity index (χ1n) is 7.50. The van der Waals surface area contributed by atoms with Crippen LogP contribution in [0.1, 0.15) is 10.4 Å². The number of methoxy groups -OCH3 is 4. The molecule has 0 aromatic heterocycles. The summed E-state index contributed by atoms with van der Waals surface area (Å²) >= 11 is 3.31. The topological polar surface area (TPSA) is 109 Å². The molecule has 1 amide bonds. The highest BCUT2D eigenvalue weighted by Crippen LogP contribution is 2.45.